The van der Waals surface area contributed by atoms with Crippen LogP contribution in [0.2, 0.25) is 0 Å². The van der Waals surface area contributed by atoms with Crippen molar-refractivity contribution >= 4 is 28.7 Å². The van der Waals surface area contributed by atoms with Crippen LogP contribution in [0.4, 0.5) is 4.79 Å². The molecular formula is C25H26N4O3. The number of amides is 4. The summed E-state index contributed by atoms with van der Waals surface area (Å²) in [6.07, 6.45) is 5.15. The zero-order chi connectivity index (χ0) is 22.2. The molecule has 0 spiro atoms. The zero-order valence-corrected chi connectivity index (χ0v) is 18.0. The minimum absolute atomic E-state index is 0.0322. The molecule has 1 saturated heterocycles. The Morgan fingerprint density at radius 3 is 2.78 bits per heavy atom. The number of benzene rings is 2. The van der Waals surface area contributed by atoms with Gasteiger partial charge in [0.25, 0.3) is 5.91 Å². The van der Waals surface area contributed by atoms with Crippen molar-refractivity contribution in [1.29, 1.82) is 0 Å². The summed E-state index contributed by atoms with van der Waals surface area (Å²) in [6, 6.07) is 14.8. The third-order valence-corrected chi connectivity index (χ3v) is 6.70. The molecule has 1 aliphatic heterocycles. The number of H-pyrrole nitrogens is 1. The molecule has 32 heavy (non-hydrogen) atoms. The lowest BCUT2D eigenvalue weighted by Crippen LogP contribution is -2.43. The highest BCUT2D eigenvalue weighted by molar-refractivity contribution is 6.06. The maximum absolute atomic E-state index is 13.0. The highest BCUT2D eigenvalue weighted by Crippen LogP contribution is 2.33. The Bertz CT molecular complexity index is 1200. The smallest absolute Gasteiger partial charge is 0.325 e. The largest absolute Gasteiger partial charge is 0.361 e. The summed E-state index contributed by atoms with van der Waals surface area (Å²) in [6.45, 7) is -0.246. The Kier molecular flexibility index (Phi) is 5.17. The lowest BCUT2D eigenvalue weighted by molar-refractivity contribution is -0.138. The molecule has 5 rings (SSSR count). The van der Waals surface area contributed by atoms with Crippen molar-refractivity contribution in [3.63, 3.8) is 0 Å². The number of aromatic amines is 1. The Labute approximate surface area is 186 Å². The van der Waals surface area contributed by atoms with E-state index in [1.807, 2.05) is 42.6 Å². The van der Waals surface area contributed by atoms with Crippen LogP contribution >= 0.6 is 0 Å². The van der Waals surface area contributed by atoms with Crippen molar-refractivity contribution in [3.05, 3.63) is 71.4 Å². The third kappa shape index (κ3) is 3.53. The number of fused-ring (bicyclic) bond motifs is 2. The molecule has 1 aromatic heterocycles. The molecule has 3 aromatic rings. The van der Waals surface area contributed by atoms with Gasteiger partial charge in [0.2, 0.25) is 5.91 Å². The van der Waals surface area contributed by atoms with Gasteiger partial charge >= 0.3 is 6.03 Å². The molecule has 0 radical (unpaired) electrons. The maximum atomic E-state index is 13.0. The SMILES string of the molecule is CN(C(=O)CN1C(=O)NC(Cc2c[nH]c3ccccc23)C1=O)C1CCCc2ccccc21. The topological polar surface area (TPSA) is 85.5 Å². The quantitative estimate of drug-likeness (QED) is 0.610. The Morgan fingerprint density at radius 1 is 1.12 bits per heavy atom. The maximum Gasteiger partial charge on any atom is 0.325 e. The predicted molar refractivity (Wildman–Crippen MR) is 121 cm³/mol. The number of aromatic nitrogens is 1. The van der Waals surface area contributed by atoms with E-state index in [2.05, 4.69) is 22.4 Å². The van der Waals surface area contributed by atoms with E-state index >= 15 is 0 Å². The fourth-order valence-corrected chi connectivity index (χ4v) is 4.94. The second-order valence-corrected chi connectivity index (χ2v) is 8.60. The molecule has 7 nitrogen and oxygen atoms in total. The van der Waals surface area contributed by atoms with E-state index in [4.69, 9.17) is 0 Å². The standard InChI is InChI=1S/C25H26N4O3/c1-28(22-12-6-8-16-7-2-3-10-19(16)22)23(30)15-29-24(31)21(27-25(29)32)13-17-14-26-20-11-5-4-9-18(17)20/h2-5,7,9-11,14,21-22,26H,6,8,12-13,15H2,1H3,(H,27,32). The summed E-state index contributed by atoms with van der Waals surface area (Å²) < 4.78 is 0. The van der Waals surface area contributed by atoms with Gasteiger partial charge < -0.3 is 15.2 Å². The van der Waals surface area contributed by atoms with Crippen LogP contribution in [0, 0.1) is 0 Å². The van der Waals surface area contributed by atoms with Gasteiger partial charge in [-0.3, -0.25) is 14.5 Å². The van der Waals surface area contributed by atoms with E-state index in [9.17, 15) is 14.4 Å². The van der Waals surface area contributed by atoms with Gasteiger partial charge in [-0.05, 0) is 42.0 Å². The average molecular weight is 431 g/mol. The van der Waals surface area contributed by atoms with Gasteiger partial charge in [0, 0.05) is 30.6 Å². The first-order chi connectivity index (χ1) is 15.5. The van der Waals surface area contributed by atoms with Gasteiger partial charge in [-0.2, -0.15) is 0 Å². The van der Waals surface area contributed by atoms with Gasteiger partial charge in [-0.25, -0.2) is 4.79 Å². The number of likely N-dealkylation sites (N-methyl/N-ethyl adjacent to an activating group) is 1. The number of carbonyl (C=O) groups is 3. The summed E-state index contributed by atoms with van der Waals surface area (Å²) in [4.78, 5) is 44.5. The predicted octanol–water partition coefficient (Wildman–Crippen LogP) is 3.17. The molecule has 1 aliphatic carbocycles. The van der Waals surface area contributed by atoms with Crippen LogP contribution in [0.3, 0.4) is 0 Å². The van der Waals surface area contributed by atoms with Crippen molar-refractivity contribution < 1.29 is 14.4 Å². The fraction of sp³-hybridized carbons (Fsp3) is 0.320. The van der Waals surface area contributed by atoms with Crippen LogP contribution in [0.25, 0.3) is 10.9 Å². The second-order valence-electron chi connectivity index (χ2n) is 8.60. The number of rotatable bonds is 5. The number of aryl methyl sites for hydroxylation is 1. The van der Waals surface area contributed by atoms with Crippen molar-refractivity contribution in [1.82, 2.24) is 20.1 Å². The third-order valence-electron chi connectivity index (χ3n) is 6.70. The molecule has 2 heterocycles. The molecule has 0 bridgehead atoms. The first-order valence-electron chi connectivity index (χ1n) is 11.0. The number of carbonyl (C=O) groups excluding carboxylic acids is 3. The molecule has 0 saturated carbocycles. The van der Waals surface area contributed by atoms with E-state index in [-0.39, 0.29) is 24.4 Å². The van der Waals surface area contributed by atoms with Crippen molar-refractivity contribution in [3.8, 4) is 0 Å². The average Bonchev–Trinajstić information content (AvgIpc) is 3.34. The molecule has 2 aromatic carbocycles. The summed E-state index contributed by atoms with van der Waals surface area (Å²) in [5.74, 6) is -0.589. The lowest BCUT2D eigenvalue weighted by Gasteiger charge is -2.34. The van der Waals surface area contributed by atoms with Gasteiger partial charge in [-0.15, -0.1) is 0 Å². The normalized spacial score (nSPS) is 20.3. The number of hydrogen-bond acceptors (Lipinski definition) is 3. The second kappa shape index (κ2) is 8.15. The highest BCUT2D eigenvalue weighted by Gasteiger charge is 2.40. The number of nitrogens with one attached hydrogen (secondary N) is 2. The van der Waals surface area contributed by atoms with E-state index in [1.54, 1.807) is 11.9 Å². The zero-order valence-electron chi connectivity index (χ0n) is 18.0. The van der Waals surface area contributed by atoms with Crippen molar-refractivity contribution in [2.45, 2.75) is 37.8 Å². The summed E-state index contributed by atoms with van der Waals surface area (Å²) in [5.41, 5.74) is 4.37. The molecule has 2 N–H and O–H groups in total. The monoisotopic (exact) mass is 430 g/mol. The highest BCUT2D eigenvalue weighted by atomic mass is 16.2. The van der Waals surface area contributed by atoms with Gasteiger partial charge in [0.05, 0.1) is 6.04 Å². The number of hydrogen-bond donors (Lipinski definition) is 2. The molecule has 1 fully saturated rings. The minimum Gasteiger partial charge on any atom is -0.361 e. The van der Waals surface area contributed by atoms with Crippen molar-refractivity contribution in [2.24, 2.45) is 0 Å². The first-order valence-corrected chi connectivity index (χ1v) is 11.0. The number of urea groups is 1. The first kappa shape index (κ1) is 20.3. The number of nitrogens with zero attached hydrogens (tertiary/aromatic N) is 2. The lowest BCUT2D eigenvalue weighted by atomic mass is 9.87. The molecule has 2 unspecified atom stereocenters. The summed E-state index contributed by atoms with van der Waals surface area (Å²) in [7, 11) is 1.76. The van der Waals surface area contributed by atoms with E-state index in [0.29, 0.717) is 6.42 Å². The minimum atomic E-state index is -0.671. The van der Waals surface area contributed by atoms with Crippen LogP contribution < -0.4 is 5.32 Å². The summed E-state index contributed by atoms with van der Waals surface area (Å²) >= 11 is 0. The van der Waals surface area contributed by atoms with Crippen LogP contribution in [0.5, 0.6) is 0 Å². The van der Waals surface area contributed by atoms with E-state index < -0.39 is 12.1 Å². The van der Waals surface area contributed by atoms with Gasteiger partial charge in [0.1, 0.15) is 12.6 Å². The fourth-order valence-electron chi connectivity index (χ4n) is 4.94. The van der Waals surface area contributed by atoms with Crippen LogP contribution in [-0.4, -0.2) is 52.3 Å². The van der Waals surface area contributed by atoms with Crippen molar-refractivity contribution in [2.75, 3.05) is 13.6 Å². The molecule has 2 aliphatic rings. The van der Waals surface area contributed by atoms with E-state index in [1.165, 1.54) is 5.56 Å². The van der Waals surface area contributed by atoms with Gasteiger partial charge in [0.15, 0.2) is 0 Å². The van der Waals surface area contributed by atoms with Crippen LogP contribution in [-0.2, 0) is 22.4 Å². The molecule has 7 heteroatoms. The molecule has 4 amide bonds. The Balaban J connectivity index is 1.28. The Hall–Kier alpha value is -3.61. The molecular weight excluding hydrogens is 404 g/mol. The van der Waals surface area contributed by atoms with Crippen LogP contribution in [0.15, 0.2) is 54.7 Å². The van der Waals surface area contributed by atoms with Crippen LogP contribution in [0.1, 0.15) is 35.6 Å². The molecule has 2 atom stereocenters. The summed E-state index contributed by atoms with van der Waals surface area (Å²) in [5, 5.41) is 3.78. The Morgan fingerprint density at radius 2 is 1.91 bits per heavy atom. The van der Waals surface area contributed by atoms with Gasteiger partial charge in [-0.1, -0.05) is 42.5 Å². The number of para-hydroxylation sites is 1. The van der Waals surface area contributed by atoms with E-state index in [0.717, 1.165) is 46.2 Å². The number of imide groups is 1. The molecule has 164 valence electrons.